The molecule has 2 fully saturated rings. The van der Waals surface area contributed by atoms with Gasteiger partial charge in [0.1, 0.15) is 0 Å². The molecule has 4 heterocycles. The van der Waals surface area contributed by atoms with E-state index in [1.165, 1.54) is 38.5 Å². The predicted octanol–water partition coefficient (Wildman–Crippen LogP) is 2.69. The van der Waals surface area contributed by atoms with Crippen LogP contribution in [0.5, 0.6) is 0 Å². The zero-order chi connectivity index (χ0) is 18.3. The Morgan fingerprint density at radius 2 is 1.48 bits per heavy atom. The Balaban J connectivity index is 1.55. The van der Waals surface area contributed by atoms with Crippen LogP contribution < -0.4 is 15.2 Å². The van der Waals surface area contributed by atoms with E-state index in [2.05, 4.69) is 35.3 Å². The van der Waals surface area contributed by atoms with Gasteiger partial charge in [-0.3, -0.25) is 4.98 Å². The first-order valence-electron chi connectivity index (χ1n) is 9.83. The van der Waals surface area contributed by atoms with Gasteiger partial charge in [-0.2, -0.15) is 20.1 Å². The van der Waals surface area contributed by atoms with E-state index < -0.39 is 0 Å². The van der Waals surface area contributed by atoms with E-state index in [4.69, 9.17) is 4.98 Å². The van der Waals surface area contributed by atoms with E-state index in [0.29, 0.717) is 5.95 Å². The van der Waals surface area contributed by atoms with Crippen LogP contribution in [0.15, 0.2) is 29.6 Å². The molecule has 0 bridgehead atoms. The first-order valence-corrected chi connectivity index (χ1v) is 9.83. The number of nitrogens with zero attached hydrogens (tertiary/aromatic N) is 7. The van der Waals surface area contributed by atoms with Crippen LogP contribution in [0.4, 0.5) is 17.8 Å². The molecular weight excluding hydrogens is 340 g/mol. The summed E-state index contributed by atoms with van der Waals surface area (Å²) in [5.41, 5.74) is 3.90. The Morgan fingerprint density at radius 1 is 0.852 bits per heavy atom. The highest BCUT2D eigenvalue weighted by atomic mass is 15.4. The molecule has 4 rings (SSSR count). The highest BCUT2D eigenvalue weighted by Crippen LogP contribution is 2.22. The van der Waals surface area contributed by atoms with Gasteiger partial charge in [0.25, 0.3) is 0 Å². The molecule has 0 radical (unpaired) electrons. The van der Waals surface area contributed by atoms with Crippen LogP contribution >= 0.6 is 0 Å². The monoisotopic (exact) mass is 366 g/mol. The summed E-state index contributed by atoms with van der Waals surface area (Å²) < 4.78 is 0. The van der Waals surface area contributed by atoms with E-state index in [1.807, 2.05) is 12.1 Å². The maximum Gasteiger partial charge on any atom is 0.250 e. The third-order valence-electron chi connectivity index (χ3n) is 4.95. The van der Waals surface area contributed by atoms with Gasteiger partial charge in [0, 0.05) is 44.1 Å². The highest BCUT2D eigenvalue weighted by molar-refractivity contribution is 5.79. The van der Waals surface area contributed by atoms with Gasteiger partial charge in [-0.1, -0.05) is 6.07 Å². The molecule has 1 N–H and O–H groups in total. The molecule has 0 atom stereocenters. The van der Waals surface area contributed by atoms with E-state index in [-0.39, 0.29) is 0 Å². The van der Waals surface area contributed by atoms with Crippen LogP contribution in [-0.2, 0) is 0 Å². The van der Waals surface area contributed by atoms with Gasteiger partial charge >= 0.3 is 0 Å². The van der Waals surface area contributed by atoms with Crippen molar-refractivity contribution in [3.63, 3.8) is 0 Å². The number of nitrogens with one attached hydrogen (secondary N) is 1. The smallest absolute Gasteiger partial charge is 0.250 e. The van der Waals surface area contributed by atoms with Crippen molar-refractivity contribution >= 4 is 24.1 Å². The van der Waals surface area contributed by atoms with Gasteiger partial charge in [0.2, 0.25) is 17.8 Å². The number of pyridine rings is 1. The summed E-state index contributed by atoms with van der Waals surface area (Å²) in [5.74, 6) is 2.00. The topological polar surface area (TPSA) is 82.4 Å². The first kappa shape index (κ1) is 17.6. The van der Waals surface area contributed by atoms with Crippen molar-refractivity contribution in [2.75, 3.05) is 41.4 Å². The minimum absolute atomic E-state index is 0.492. The molecule has 2 aliphatic rings. The summed E-state index contributed by atoms with van der Waals surface area (Å²) >= 11 is 0. The molecule has 2 aromatic heterocycles. The molecule has 0 saturated carbocycles. The van der Waals surface area contributed by atoms with Crippen molar-refractivity contribution in [2.45, 2.75) is 38.5 Å². The highest BCUT2D eigenvalue weighted by Gasteiger charge is 2.20. The Hall–Kier alpha value is -2.77. The normalized spacial score (nSPS) is 18.1. The molecule has 142 valence electrons. The second-order valence-electron chi connectivity index (χ2n) is 7.01. The summed E-state index contributed by atoms with van der Waals surface area (Å²) in [5, 5.41) is 4.28. The average molecular weight is 366 g/mol. The lowest BCUT2D eigenvalue weighted by molar-refractivity contribution is 0.556. The molecule has 0 aliphatic carbocycles. The van der Waals surface area contributed by atoms with Gasteiger partial charge in [-0.25, -0.2) is 5.43 Å². The average Bonchev–Trinajstić information content (AvgIpc) is 2.76. The lowest BCUT2D eigenvalue weighted by Gasteiger charge is -2.30. The molecule has 0 unspecified atom stereocenters. The number of aromatic nitrogens is 4. The van der Waals surface area contributed by atoms with Crippen molar-refractivity contribution < 1.29 is 0 Å². The van der Waals surface area contributed by atoms with E-state index in [0.717, 1.165) is 43.6 Å². The summed E-state index contributed by atoms with van der Waals surface area (Å²) in [6.07, 6.45) is 12.5. The van der Waals surface area contributed by atoms with Crippen molar-refractivity contribution in [1.29, 1.82) is 0 Å². The molecule has 8 heteroatoms. The number of hydrogen-bond donors (Lipinski definition) is 1. The first-order chi connectivity index (χ1) is 13.4. The van der Waals surface area contributed by atoms with Crippen LogP contribution in [0.25, 0.3) is 0 Å². The van der Waals surface area contributed by atoms with Crippen LogP contribution in [0.1, 0.15) is 44.1 Å². The summed E-state index contributed by atoms with van der Waals surface area (Å²) in [7, 11) is 0. The largest absolute Gasteiger partial charge is 0.341 e. The molecular formula is C19H26N8. The second kappa shape index (κ2) is 8.75. The molecule has 0 amide bonds. The summed E-state index contributed by atoms with van der Waals surface area (Å²) in [4.78, 5) is 22.6. The van der Waals surface area contributed by atoms with E-state index in [1.54, 1.807) is 18.6 Å². The summed E-state index contributed by atoms with van der Waals surface area (Å²) in [6, 6.07) is 3.83. The fraction of sp³-hybridized carbons (Fsp3) is 0.526. The van der Waals surface area contributed by atoms with Crippen LogP contribution in [0, 0.1) is 0 Å². The molecule has 2 aromatic rings. The molecule has 8 nitrogen and oxygen atoms in total. The van der Waals surface area contributed by atoms with Crippen LogP contribution in [-0.4, -0.2) is 52.3 Å². The van der Waals surface area contributed by atoms with Gasteiger partial charge in [-0.05, 0) is 44.6 Å². The quantitative estimate of drug-likeness (QED) is 0.643. The van der Waals surface area contributed by atoms with Gasteiger partial charge in [0.05, 0.1) is 6.21 Å². The SMILES string of the molecule is C(=NNc1nc(N2CCCCC2)nc(N2CCCCC2)n1)c1cccnc1. The second-order valence-corrected chi connectivity index (χ2v) is 7.01. The minimum atomic E-state index is 0.492. The molecule has 0 aromatic carbocycles. The van der Waals surface area contributed by atoms with Crippen LogP contribution in [0.2, 0.25) is 0 Å². The summed E-state index contributed by atoms with van der Waals surface area (Å²) in [6.45, 7) is 4.01. The van der Waals surface area contributed by atoms with E-state index in [9.17, 15) is 0 Å². The molecule has 2 saturated heterocycles. The predicted molar refractivity (Wildman–Crippen MR) is 107 cm³/mol. The molecule has 0 spiro atoms. The van der Waals surface area contributed by atoms with Crippen molar-refractivity contribution in [2.24, 2.45) is 5.10 Å². The van der Waals surface area contributed by atoms with Gasteiger partial charge < -0.3 is 9.80 Å². The number of piperidine rings is 2. The third kappa shape index (κ3) is 4.69. The van der Waals surface area contributed by atoms with Gasteiger partial charge in [-0.15, -0.1) is 0 Å². The van der Waals surface area contributed by atoms with E-state index >= 15 is 0 Å². The van der Waals surface area contributed by atoms with Gasteiger partial charge in [0.15, 0.2) is 0 Å². The molecule has 27 heavy (non-hydrogen) atoms. The van der Waals surface area contributed by atoms with Crippen LogP contribution in [0.3, 0.4) is 0 Å². The lowest BCUT2D eigenvalue weighted by Crippen LogP contribution is -2.34. The number of hydrogen-bond acceptors (Lipinski definition) is 8. The fourth-order valence-corrected chi connectivity index (χ4v) is 3.49. The Kier molecular flexibility index (Phi) is 5.71. The minimum Gasteiger partial charge on any atom is -0.341 e. The lowest BCUT2D eigenvalue weighted by atomic mass is 10.1. The maximum atomic E-state index is 4.77. The fourth-order valence-electron chi connectivity index (χ4n) is 3.49. The molecule has 2 aliphatic heterocycles. The van der Waals surface area contributed by atoms with Crippen molar-refractivity contribution in [1.82, 2.24) is 19.9 Å². The standard InChI is InChI=1S/C19H26N8/c1-3-10-26(11-4-1)18-22-17(25-21-15-16-8-7-9-20-14-16)23-19(24-18)27-12-5-2-6-13-27/h7-9,14-15H,1-6,10-13H2,(H,22,23,24,25). The van der Waals surface area contributed by atoms with Crippen molar-refractivity contribution in [3.8, 4) is 0 Å². The third-order valence-corrected chi connectivity index (χ3v) is 4.95. The zero-order valence-electron chi connectivity index (χ0n) is 15.6. The Bertz CT molecular complexity index is 715. The maximum absolute atomic E-state index is 4.77. The zero-order valence-corrected chi connectivity index (χ0v) is 15.6. The Morgan fingerprint density at radius 3 is 2.04 bits per heavy atom. The Labute approximate surface area is 159 Å². The number of anilines is 3. The number of hydrazone groups is 1. The van der Waals surface area contributed by atoms with Crippen molar-refractivity contribution in [3.05, 3.63) is 30.1 Å². The number of rotatable bonds is 5.